The second-order valence-electron chi connectivity index (χ2n) is 3.06. The Morgan fingerprint density at radius 1 is 1.20 bits per heavy atom. The van der Waals surface area contributed by atoms with Crippen LogP contribution in [0.25, 0.3) is 11.3 Å². The molecule has 0 fully saturated rings. The summed E-state index contributed by atoms with van der Waals surface area (Å²) in [4.78, 5) is 5.16. The molecule has 1 nitrogen and oxygen atoms in total. The van der Waals surface area contributed by atoms with Gasteiger partial charge in [-0.15, -0.1) is 11.8 Å². The normalized spacial score (nSPS) is 10.3. The molecule has 0 unspecified atom stereocenters. The summed E-state index contributed by atoms with van der Waals surface area (Å²) >= 11 is 1.52. The van der Waals surface area contributed by atoms with Gasteiger partial charge in [-0.1, -0.05) is 6.07 Å². The second-order valence-corrected chi connectivity index (χ2v) is 3.91. The van der Waals surface area contributed by atoms with E-state index in [1.165, 1.54) is 23.9 Å². The van der Waals surface area contributed by atoms with Crippen molar-refractivity contribution in [2.24, 2.45) is 0 Å². The fourth-order valence-corrected chi connectivity index (χ4v) is 2.02. The Bertz CT molecular complexity index is 456. The maximum atomic E-state index is 13.0. The van der Waals surface area contributed by atoms with Crippen LogP contribution in [0, 0.1) is 5.82 Å². The first-order valence-electron chi connectivity index (χ1n) is 4.56. The lowest BCUT2D eigenvalue weighted by Crippen LogP contribution is -1.86. The van der Waals surface area contributed by atoms with Crippen molar-refractivity contribution < 1.29 is 4.39 Å². The number of hydrogen-bond donors (Lipinski definition) is 0. The number of pyridine rings is 1. The zero-order valence-electron chi connectivity index (χ0n) is 8.27. The molecule has 76 valence electrons. The van der Waals surface area contributed by atoms with Crippen molar-refractivity contribution in [2.75, 3.05) is 6.26 Å². The molecule has 1 aromatic carbocycles. The van der Waals surface area contributed by atoms with Crippen molar-refractivity contribution in [1.29, 1.82) is 0 Å². The Kier molecular flexibility index (Phi) is 3.02. The van der Waals surface area contributed by atoms with Gasteiger partial charge in [0.25, 0.3) is 0 Å². The summed E-state index contributed by atoms with van der Waals surface area (Å²) < 4.78 is 13.0. The molecule has 0 saturated carbocycles. The van der Waals surface area contributed by atoms with Crippen LogP contribution in [0.3, 0.4) is 0 Å². The van der Waals surface area contributed by atoms with Crippen LogP contribution in [0.2, 0.25) is 0 Å². The van der Waals surface area contributed by atoms with Gasteiger partial charge in [-0.3, -0.25) is 4.98 Å². The van der Waals surface area contributed by atoms with Gasteiger partial charge < -0.3 is 0 Å². The van der Waals surface area contributed by atoms with Gasteiger partial charge in [-0.25, -0.2) is 4.39 Å². The van der Waals surface area contributed by atoms with Crippen molar-refractivity contribution in [3.63, 3.8) is 0 Å². The van der Waals surface area contributed by atoms with Gasteiger partial charge in [-0.2, -0.15) is 0 Å². The van der Waals surface area contributed by atoms with E-state index in [0.29, 0.717) is 0 Å². The van der Waals surface area contributed by atoms with E-state index in [2.05, 4.69) is 4.98 Å². The van der Waals surface area contributed by atoms with Crippen molar-refractivity contribution in [3.05, 3.63) is 48.4 Å². The van der Waals surface area contributed by atoms with E-state index in [9.17, 15) is 4.39 Å². The molecule has 0 amide bonds. The second kappa shape index (κ2) is 4.45. The fraction of sp³-hybridized carbons (Fsp3) is 0.0833. The Morgan fingerprint density at radius 3 is 2.73 bits per heavy atom. The van der Waals surface area contributed by atoms with Gasteiger partial charge in [0.05, 0.1) is 5.69 Å². The summed E-state index contributed by atoms with van der Waals surface area (Å²) in [5.74, 6) is -0.209. The minimum atomic E-state index is -0.209. The summed E-state index contributed by atoms with van der Waals surface area (Å²) in [6.07, 6.45) is 3.67. The predicted octanol–water partition coefficient (Wildman–Crippen LogP) is 3.61. The fourth-order valence-electron chi connectivity index (χ4n) is 1.40. The van der Waals surface area contributed by atoms with Crippen LogP contribution in [0.4, 0.5) is 4.39 Å². The van der Waals surface area contributed by atoms with E-state index in [1.807, 2.05) is 24.5 Å². The van der Waals surface area contributed by atoms with Gasteiger partial charge in [-0.05, 0) is 36.6 Å². The SMILES string of the molecule is CSc1cc(F)ccc1-c1ccccn1. The highest BCUT2D eigenvalue weighted by atomic mass is 32.2. The highest BCUT2D eigenvalue weighted by molar-refractivity contribution is 7.98. The molecule has 3 heteroatoms. The summed E-state index contributed by atoms with van der Waals surface area (Å²) in [7, 11) is 0. The van der Waals surface area contributed by atoms with Crippen LogP contribution in [-0.4, -0.2) is 11.2 Å². The van der Waals surface area contributed by atoms with Crippen LogP contribution in [-0.2, 0) is 0 Å². The molecule has 0 aliphatic rings. The van der Waals surface area contributed by atoms with Crippen molar-refractivity contribution in [1.82, 2.24) is 4.98 Å². The van der Waals surface area contributed by atoms with Gasteiger partial charge >= 0.3 is 0 Å². The number of benzene rings is 1. The lowest BCUT2D eigenvalue weighted by atomic mass is 10.1. The quantitative estimate of drug-likeness (QED) is 0.716. The molecule has 2 aromatic rings. The third kappa shape index (κ3) is 2.18. The first-order valence-corrected chi connectivity index (χ1v) is 5.78. The van der Waals surface area contributed by atoms with Crippen LogP contribution in [0.5, 0.6) is 0 Å². The van der Waals surface area contributed by atoms with Crippen LogP contribution in [0.1, 0.15) is 0 Å². The first kappa shape index (κ1) is 10.2. The van der Waals surface area contributed by atoms with Gasteiger partial charge in [0.1, 0.15) is 5.82 Å². The molecule has 2 rings (SSSR count). The minimum absolute atomic E-state index is 0.209. The minimum Gasteiger partial charge on any atom is -0.256 e. The molecule has 0 aliphatic heterocycles. The lowest BCUT2D eigenvalue weighted by molar-refractivity contribution is 0.624. The Morgan fingerprint density at radius 2 is 2.07 bits per heavy atom. The monoisotopic (exact) mass is 219 g/mol. The zero-order valence-corrected chi connectivity index (χ0v) is 9.09. The molecular formula is C12H10FNS. The van der Waals surface area contributed by atoms with Gasteiger partial charge in [0.15, 0.2) is 0 Å². The van der Waals surface area contributed by atoms with Crippen LogP contribution in [0.15, 0.2) is 47.5 Å². The van der Waals surface area contributed by atoms with E-state index in [4.69, 9.17) is 0 Å². The maximum Gasteiger partial charge on any atom is 0.124 e. The van der Waals surface area contributed by atoms with E-state index in [-0.39, 0.29) is 5.82 Å². The van der Waals surface area contributed by atoms with E-state index in [0.717, 1.165) is 16.2 Å². The molecule has 0 radical (unpaired) electrons. The highest BCUT2D eigenvalue weighted by Gasteiger charge is 2.05. The zero-order chi connectivity index (χ0) is 10.7. The topological polar surface area (TPSA) is 12.9 Å². The molecule has 0 atom stereocenters. The standard InChI is InChI=1S/C12H10FNS/c1-15-12-8-9(13)5-6-10(12)11-4-2-3-7-14-11/h2-8H,1H3. The summed E-state index contributed by atoms with van der Waals surface area (Å²) in [5.41, 5.74) is 1.85. The number of thioether (sulfide) groups is 1. The smallest absolute Gasteiger partial charge is 0.124 e. The van der Waals surface area contributed by atoms with Gasteiger partial charge in [0.2, 0.25) is 0 Å². The van der Waals surface area contributed by atoms with Crippen molar-refractivity contribution >= 4 is 11.8 Å². The third-order valence-electron chi connectivity index (χ3n) is 2.10. The molecular weight excluding hydrogens is 209 g/mol. The largest absolute Gasteiger partial charge is 0.256 e. The van der Waals surface area contributed by atoms with Crippen LogP contribution < -0.4 is 0 Å². The molecule has 15 heavy (non-hydrogen) atoms. The maximum absolute atomic E-state index is 13.0. The molecule has 0 saturated heterocycles. The number of hydrogen-bond acceptors (Lipinski definition) is 2. The molecule has 1 aromatic heterocycles. The van der Waals surface area contributed by atoms with Crippen molar-refractivity contribution in [2.45, 2.75) is 4.90 Å². The lowest BCUT2D eigenvalue weighted by Gasteiger charge is -2.06. The van der Waals surface area contributed by atoms with E-state index >= 15 is 0 Å². The third-order valence-corrected chi connectivity index (χ3v) is 2.88. The van der Waals surface area contributed by atoms with E-state index in [1.54, 1.807) is 12.3 Å². The first-order chi connectivity index (χ1) is 7.31. The Hall–Kier alpha value is -1.35. The molecule has 0 bridgehead atoms. The molecule has 0 spiro atoms. The Labute approximate surface area is 92.4 Å². The number of halogens is 1. The molecule has 1 heterocycles. The summed E-state index contributed by atoms with van der Waals surface area (Å²) in [5, 5.41) is 0. The van der Waals surface area contributed by atoms with Crippen LogP contribution >= 0.6 is 11.8 Å². The number of rotatable bonds is 2. The molecule has 0 N–H and O–H groups in total. The number of aromatic nitrogens is 1. The summed E-state index contributed by atoms with van der Waals surface area (Å²) in [6.45, 7) is 0. The number of nitrogens with zero attached hydrogens (tertiary/aromatic N) is 1. The average molecular weight is 219 g/mol. The molecule has 0 aliphatic carbocycles. The average Bonchev–Trinajstić information content (AvgIpc) is 2.30. The predicted molar refractivity (Wildman–Crippen MR) is 61.4 cm³/mol. The van der Waals surface area contributed by atoms with Crippen molar-refractivity contribution in [3.8, 4) is 11.3 Å². The van der Waals surface area contributed by atoms with E-state index < -0.39 is 0 Å². The highest BCUT2D eigenvalue weighted by Crippen LogP contribution is 2.29. The Balaban J connectivity index is 2.53. The summed E-state index contributed by atoms with van der Waals surface area (Å²) in [6, 6.07) is 10.5. The van der Waals surface area contributed by atoms with Gasteiger partial charge in [0, 0.05) is 16.7 Å².